The third-order valence-corrected chi connectivity index (χ3v) is 14.7. The lowest BCUT2D eigenvalue weighted by molar-refractivity contribution is -0.359. The van der Waals surface area contributed by atoms with Crippen molar-refractivity contribution < 1.29 is 64.6 Å². The van der Waals surface area contributed by atoms with Gasteiger partial charge >= 0.3 is 0 Å². The number of aliphatic hydroxyl groups is 8. The van der Waals surface area contributed by atoms with Gasteiger partial charge in [-0.05, 0) is 96.3 Å². The maximum atomic E-state index is 13.3. The van der Waals surface area contributed by atoms with Crippen LogP contribution in [-0.4, -0.2) is 140 Å². The molecule has 0 bridgehead atoms. The molecule has 2 saturated heterocycles. The summed E-state index contributed by atoms with van der Waals surface area (Å²) in [6.07, 6.45) is 55.5. The summed E-state index contributed by atoms with van der Waals surface area (Å²) in [7, 11) is 0. The molecule has 1 amide bonds. The molecule has 9 N–H and O–H groups in total. The van der Waals surface area contributed by atoms with Gasteiger partial charge in [0.25, 0.3) is 0 Å². The molecule has 0 aromatic heterocycles. The fourth-order valence-electron chi connectivity index (χ4n) is 9.62. The number of hydrogen-bond acceptors (Lipinski definition) is 13. The van der Waals surface area contributed by atoms with Crippen molar-refractivity contribution in [1.82, 2.24) is 5.32 Å². The Balaban J connectivity index is 1.74. The highest BCUT2D eigenvalue weighted by Gasteiger charge is 2.51. The first-order valence-corrected chi connectivity index (χ1v) is 31.6. The summed E-state index contributed by atoms with van der Waals surface area (Å²) in [5.74, 6) is -0.263. The second-order valence-electron chi connectivity index (χ2n) is 21.8. The van der Waals surface area contributed by atoms with Crippen LogP contribution in [0.1, 0.15) is 213 Å². The number of carbonyl (C=O) groups is 1. The lowest BCUT2D eigenvalue weighted by atomic mass is 9.97. The number of allylic oxidation sites excluding steroid dienone is 17. The second-order valence-corrected chi connectivity index (χ2v) is 21.8. The van der Waals surface area contributed by atoms with Crippen molar-refractivity contribution in [2.24, 2.45) is 0 Å². The molecule has 0 aliphatic carbocycles. The lowest BCUT2D eigenvalue weighted by Crippen LogP contribution is -2.65. The van der Waals surface area contributed by atoms with Crippen LogP contribution >= 0.6 is 0 Å². The summed E-state index contributed by atoms with van der Waals surface area (Å²) in [4.78, 5) is 13.3. The van der Waals surface area contributed by atoms with Crippen LogP contribution < -0.4 is 5.32 Å². The summed E-state index contributed by atoms with van der Waals surface area (Å²) >= 11 is 0. The number of ether oxygens (including phenoxy) is 4. The molecule has 2 rings (SSSR count). The Labute approximate surface area is 489 Å². The number of hydrogen-bond donors (Lipinski definition) is 9. The molecular formula is C67H113NO13. The quantitative estimate of drug-likeness (QED) is 0.0204. The smallest absolute Gasteiger partial charge is 0.220 e. The molecule has 2 aliphatic heterocycles. The van der Waals surface area contributed by atoms with Gasteiger partial charge in [-0.15, -0.1) is 0 Å². The number of amides is 1. The Morgan fingerprint density at radius 1 is 0.457 bits per heavy atom. The minimum absolute atomic E-state index is 0.258. The lowest BCUT2D eigenvalue weighted by Gasteiger charge is -2.46. The molecule has 0 aromatic rings. The Kier molecular flexibility index (Phi) is 46.5. The van der Waals surface area contributed by atoms with Crippen molar-refractivity contribution in [1.29, 1.82) is 0 Å². The van der Waals surface area contributed by atoms with Gasteiger partial charge in [0.05, 0.1) is 32.0 Å². The van der Waals surface area contributed by atoms with E-state index in [1.54, 1.807) is 6.08 Å². The molecule has 12 unspecified atom stereocenters. The van der Waals surface area contributed by atoms with Crippen molar-refractivity contribution >= 4 is 5.91 Å². The molecule has 0 radical (unpaired) electrons. The second kappa shape index (κ2) is 51.1. The number of carbonyl (C=O) groups excluding carboxylic acids is 1. The summed E-state index contributed by atoms with van der Waals surface area (Å²) in [6.45, 7) is 2.64. The Bertz CT molecular complexity index is 1770. The van der Waals surface area contributed by atoms with E-state index in [9.17, 15) is 45.6 Å². The third kappa shape index (κ3) is 36.2. The highest BCUT2D eigenvalue weighted by atomic mass is 16.7. The van der Waals surface area contributed by atoms with E-state index in [0.29, 0.717) is 12.8 Å². The van der Waals surface area contributed by atoms with Crippen molar-refractivity contribution in [3.8, 4) is 0 Å². The van der Waals surface area contributed by atoms with Crippen molar-refractivity contribution in [3.05, 3.63) is 109 Å². The zero-order valence-electron chi connectivity index (χ0n) is 50.0. The van der Waals surface area contributed by atoms with Crippen LogP contribution in [0.4, 0.5) is 0 Å². The van der Waals surface area contributed by atoms with Crippen LogP contribution in [0.15, 0.2) is 109 Å². The van der Waals surface area contributed by atoms with Gasteiger partial charge in [-0.25, -0.2) is 0 Å². The van der Waals surface area contributed by atoms with Gasteiger partial charge in [-0.1, -0.05) is 220 Å². The topological polar surface area (TPSA) is 228 Å². The monoisotopic (exact) mass is 1140 g/mol. The standard InChI is InChI=1S/C67H113NO13/c1-3-5-7-9-11-13-15-17-19-21-23-24-25-26-27-28-29-30-31-32-33-35-37-39-41-43-45-47-49-51-59(72)68-55(56(71)50-48-46-44-42-40-38-36-34-22-20-18-16-14-12-10-8-6-4-2)54-78-66-64(77)62(75)65(58(53-70)80-66)81-67-63(76)61(74)60(73)57(52-69)79-67/h5,7,11,13,17,19,22-24,26-27,29-30,34,40,42,48,50,55-58,60-67,69-71,73-77H,3-4,6,8-10,12,14-16,18,20-21,25,28,31-33,35-39,41,43-47,49,51-54H2,1-2H3,(H,68,72)/b7-5-,13-11-,19-17-,24-23-,27-26-,30-29-,34-22+,42-40+,50-48+. The molecule has 0 spiro atoms. The van der Waals surface area contributed by atoms with E-state index < -0.39 is 86.8 Å². The van der Waals surface area contributed by atoms with Crippen molar-refractivity contribution in [3.63, 3.8) is 0 Å². The van der Waals surface area contributed by atoms with E-state index >= 15 is 0 Å². The van der Waals surface area contributed by atoms with Gasteiger partial charge in [0.15, 0.2) is 12.6 Å². The number of nitrogens with one attached hydrogen (secondary N) is 1. The molecule has 2 fully saturated rings. The normalized spacial score (nSPS) is 24.9. The molecule has 14 nitrogen and oxygen atoms in total. The highest BCUT2D eigenvalue weighted by Crippen LogP contribution is 2.30. The number of rotatable bonds is 49. The maximum absolute atomic E-state index is 13.3. The molecule has 81 heavy (non-hydrogen) atoms. The fourth-order valence-corrected chi connectivity index (χ4v) is 9.62. The molecule has 464 valence electrons. The molecule has 14 heteroatoms. The predicted molar refractivity (Wildman–Crippen MR) is 327 cm³/mol. The largest absolute Gasteiger partial charge is 0.394 e. The minimum atomic E-state index is -1.80. The van der Waals surface area contributed by atoms with Gasteiger partial charge in [-0.3, -0.25) is 4.79 Å². The Morgan fingerprint density at radius 3 is 1.36 bits per heavy atom. The summed E-state index contributed by atoms with van der Waals surface area (Å²) in [5.41, 5.74) is 0. The summed E-state index contributed by atoms with van der Waals surface area (Å²) in [6, 6.07) is -0.948. The highest BCUT2D eigenvalue weighted by molar-refractivity contribution is 5.76. The van der Waals surface area contributed by atoms with Crippen LogP contribution in [-0.2, 0) is 23.7 Å². The SMILES string of the molecule is CC/C=C\C/C=C\C/C=C\C/C=C\C/C=C\C/C=C\CCCCCCCCCCCCC(=O)NC(COC1OC(CO)C(OC2OC(CO)C(O)C(O)C2O)C(O)C1O)C(O)/C=C/CC/C=C/CC/C=C/CCCCCCCCCC. The zero-order chi connectivity index (χ0) is 58.8. The summed E-state index contributed by atoms with van der Waals surface area (Å²) in [5, 5.41) is 87.2. The maximum Gasteiger partial charge on any atom is 0.220 e. The molecular weight excluding hydrogens is 1030 g/mol. The van der Waals surface area contributed by atoms with E-state index in [-0.39, 0.29) is 18.9 Å². The molecule has 0 aromatic carbocycles. The first kappa shape index (κ1) is 73.8. The van der Waals surface area contributed by atoms with Gasteiger partial charge in [-0.2, -0.15) is 0 Å². The average Bonchev–Trinajstić information content (AvgIpc) is 3.47. The van der Waals surface area contributed by atoms with Crippen LogP contribution in [0.5, 0.6) is 0 Å². The minimum Gasteiger partial charge on any atom is -0.394 e. The van der Waals surface area contributed by atoms with Crippen LogP contribution in [0, 0.1) is 0 Å². The number of aliphatic hydroxyl groups excluding tert-OH is 8. The molecule has 2 heterocycles. The molecule has 0 saturated carbocycles. The predicted octanol–water partition coefficient (Wildman–Crippen LogP) is 11.6. The van der Waals surface area contributed by atoms with Crippen molar-refractivity contribution in [2.45, 2.75) is 286 Å². The zero-order valence-corrected chi connectivity index (χ0v) is 50.0. The van der Waals surface area contributed by atoms with Crippen LogP contribution in [0.2, 0.25) is 0 Å². The van der Waals surface area contributed by atoms with Crippen molar-refractivity contribution in [2.75, 3.05) is 19.8 Å². The molecule has 12 atom stereocenters. The number of unbranched alkanes of at least 4 members (excludes halogenated alkanes) is 20. The fraction of sp³-hybridized carbons (Fsp3) is 0.716. The average molecular weight is 1140 g/mol. The van der Waals surface area contributed by atoms with E-state index in [2.05, 4.69) is 116 Å². The van der Waals surface area contributed by atoms with Gasteiger partial charge in [0.1, 0.15) is 48.8 Å². The molecule has 2 aliphatic rings. The Hall–Kier alpha value is -3.35. The third-order valence-electron chi connectivity index (χ3n) is 14.7. The first-order chi connectivity index (χ1) is 39.6. The van der Waals surface area contributed by atoms with Crippen LogP contribution in [0.3, 0.4) is 0 Å². The van der Waals surface area contributed by atoms with E-state index in [1.807, 2.05) is 6.08 Å². The Morgan fingerprint density at radius 2 is 0.864 bits per heavy atom. The summed E-state index contributed by atoms with van der Waals surface area (Å²) < 4.78 is 22.8. The van der Waals surface area contributed by atoms with Gasteiger partial charge in [0, 0.05) is 6.42 Å². The van der Waals surface area contributed by atoms with E-state index in [4.69, 9.17) is 18.9 Å². The first-order valence-electron chi connectivity index (χ1n) is 31.6. The van der Waals surface area contributed by atoms with Crippen LogP contribution in [0.25, 0.3) is 0 Å². The van der Waals surface area contributed by atoms with Gasteiger partial charge < -0.3 is 65.1 Å². The van der Waals surface area contributed by atoms with Gasteiger partial charge in [0.2, 0.25) is 5.91 Å². The van der Waals surface area contributed by atoms with E-state index in [1.165, 1.54) is 89.9 Å². The van der Waals surface area contributed by atoms with E-state index in [0.717, 1.165) is 89.9 Å².